The van der Waals surface area contributed by atoms with Crippen LogP contribution >= 0.6 is 0 Å². The van der Waals surface area contributed by atoms with Crippen LogP contribution in [0.2, 0.25) is 0 Å². The Kier molecular flexibility index (Phi) is 7.77. The van der Waals surface area contributed by atoms with Crippen molar-refractivity contribution in [1.29, 1.82) is 0 Å². The van der Waals surface area contributed by atoms with Gasteiger partial charge in [-0.3, -0.25) is 9.59 Å². The molecule has 1 aromatic heterocycles. The maximum Gasteiger partial charge on any atom is 0.295 e. The number of pyridine rings is 1. The zero-order chi connectivity index (χ0) is 26.5. The number of amides is 1. The molecule has 0 saturated carbocycles. The molecule has 1 unspecified atom stereocenters. The SMILES string of the molecule is CCOc1ccc(C2C(=C([O-])c3ccc(OC(C)C)cc3)C(=O)C(=O)N2Cc2ccc[nH+]c2)cc1OC. The summed E-state index contributed by atoms with van der Waals surface area (Å²) < 4.78 is 16.8. The van der Waals surface area contributed by atoms with Crippen LogP contribution in [0.5, 0.6) is 17.2 Å². The smallest absolute Gasteiger partial charge is 0.295 e. The van der Waals surface area contributed by atoms with E-state index in [2.05, 4.69) is 4.98 Å². The van der Waals surface area contributed by atoms with E-state index < -0.39 is 23.5 Å². The first-order chi connectivity index (χ1) is 17.8. The minimum absolute atomic E-state index is 0.0206. The summed E-state index contributed by atoms with van der Waals surface area (Å²) in [5, 5.41) is 13.7. The summed E-state index contributed by atoms with van der Waals surface area (Å²) in [4.78, 5) is 31.0. The van der Waals surface area contributed by atoms with Crippen molar-refractivity contribution in [2.24, 2.45) is 0 Å². The molecule has 0 bridgehead atoms. The molecule has 0 spiro atoms. The third kappa shape index (κ3) is 5.43. The molecule has 0 aliphatic carbocycles. The number of benzene rings is 2. The number of carbonyl (C=O) groups excluding carboxylic acids is 2. The van der Waals surface area contributed by atoms with E-state index in [4.69, 9.17) is 14.2 Å². The summed E-state index contributed by atoms with van der Waals surface area (Å²) in [6.45, 7) is 6.26. The second-order valence-corrected chi connectivity index (χ2v) is 8.85. The molecule has 1 saturated heterocycles. The van der Waals surface area contributed by atoms with E-state index in [1.54, 1.807) is 54.9 Å². The summed E-state index contributed by atoms with van der Waals surface area (Å²) in [6.07, 6.45) is 3.48. The van der Waals surface area contributed by atoms with Gasteiger partial charge in [0.2, 0.25) is 5.78 Å². The van der Waals surface area contributed by atoms with E-state index in [0.717, 1.165) is 5.56 Å². The first-order valence-electron chi connectivity index (χ1n) is 12.1. The normalized spacial score (nSPS) is 16.8. The fourth-order valence-electron chi connectivity index (χ4n) is 4.35. The number of hydrogen-bond acceptors (Lipinski definition) is 6. The summed E-state index contributed by atoms with van der Waals surface area (Å²) in [6, 6.07) is 14.5. The molecule has 8 heteroatoms. The number of ether oxygens (including phenoxy) is 3. The van der Waals surface area contributed by atoms with E-state index in [1.165, 1.54) is 12.0 Å². The largest absolute Gasteiger partial charge is 0.872 e. The first-order valence-corrected chi connectivity index (χ1v) is 12.1. The Hall–Kier alpha value is -4.33. The van der Waals surface area contributed by atoms with Gasteiger partial charge in [0.15, 0.2) is 23.9 Å². The number of carbonyl (C=O) groups is 2. The third-order valence-electron chi connectivity index (χ3n) is 5.95. The first kappa shape index (κ1) is 25.8. The van der Waals surface area contributed by atoms with Gasteiger partial charge in [-0.15, -0.1) is 0 Å². The lowest BCUT2D eigenvalue weighted by atomic mass is 9.94. The molecule has 1 N–H and O–H groups in total. The van der Waals surface area contributed by atoms with Crippen molar-refractivity contribution in [2.45, 2.75) is 39.5 Å². The fraction of sp³-hybridized carbons (Fsp3) is 0.276. The van der Waals surface area contributed by atoms with Crippen molar-refractivity contribution in [3.63, 3.8) is 0 Å². The Labute approximate surface area is 216 Å². The Balaban J connectivity index is 1.83. The zero-order valence-electron chi connectivity index (χ0n) is 21.3. The number of hydrogen-bond donors (Lipinski definition) is 0. The van der Waals surface area contributed by atoms with Gasteiger partial charge in [-0.1, -0.05) is 24.0 Å². The predicted molar refractivity (Wildman–Crippen MR) is 135 cm³/mol. The number of aromatic amines is 1. The minimum atomic E-state index is -0.899. The number of nitrogens with one attached hydrogen (secondary N) is 1. The van der Waals surface area contributed by atoms with Gasteiger partial charge < -0.3 is 24.2 Å². The van der Waals surface area contributed by atoms with Gasteiger partial charge in [-0.2, -0.15) is 0 Å². The highest BCUT2D eigenvalue weighted by atomic mass is 16.5. The molecule has 2 aromatic carbocycles. The van der Waals surface area contributed by atoms with E-state index in [9.17, 15) is 14.7 Å². The van der Waals surface area contributed by atoms with Crippen LogP contribution < -0.4 is 24.3 Å². The van der Waals surface area contributed by atoms with Crippen LogP contribution in [0, 0.1) is 0 Å². The van der Waals surface area contributed by atoms with Crippen molar-refractivity contribution >= 4 is 17.4 Å². The standard InChI is InChI=1S/C29H30N2O6/c1-5-36-23-13-10-21(15-24(23)35-4)26-25(27(32)20-8-11-22(12-9-20)37-18(2)3)28(33)29(34)31(26)17-19-7-6-14-30-16-19/h6-16,18,26,32H,5,17H2,1-4H3. The maximum absolute atomic E-state index is 13.7. The van der Waals surface area contributed by atoms with Gasteiger partial charge in [0, 0.05) is 17.2 Å². The number of H-pyrrole nitrogens is 1. The van der Waals surface area contributed by atoms with Crippen molar-refractivity contribution in [3.05, 3.63) is 89.3 Å². The average Bonchev–Trinajstić information content (AvgIpc) is 3.14. The maximum atomic E-state index is 13.7. The van der Waals surface area contributed by atoms with Crippen LogP contribution in [0.3, 0.4) is 0 Å². The van der Waals surface area contributed by atoms with Crippen LogP contribution in [0.15, 0.2) is 72.6 Å². The molecule has 4 rings (SSSR count). The lowest BCUT2D eigenvalue weighted by Gasteiger charge is -2.28. The number of likely N-dealkylation sites (tertiary alicyclic amines) is 1. The van der Waals surface area contributed by atoms with Crippen LogP contribution in [0.1, 0.15) is 43.5 Å². The third-order valence-corrected chi connectivity index (χ3v) is 5.95. The lowest BCUT2D eigenvalue weighted by Crippen LogP contribution is -2.29. The van der Waals surface area contributed by atoms with Gasteiger partial charge in [0.05, 0.1) is 32.4 Å². The second-order valence-electron chi connectivity index (χ2n) is 8.85. The van der Waals surface area contributed by atoms with Crippen LogP contribution in [0.25, 0.3) is 5.76 Å². The van der Waals surface area contributed by atoms with Crippen molar-refractivity contribution in [3.8, 4) is 17.2 Å². The highest BCUT2D eigenvalue weighted by Crippen LogP contribution is 2.42. The topological polar surface area (TPSA) is 102 Å². The number of rotatable bonds is 9. The molecule has 192 valence electrons. The molecular formula is C29H30N2O6. The minimum Gasteiger partial charge on any atom is -0.872 e. The summed E-state index contributed by atoms with van der Waals surface area (Å²) in [5.41, 5.74) is 1.55. The summed E-state index contributed by atoms with van der Waals surface area (Å²) >= 11 is 0. The summed E-state index contributed by atoms with van der Waals surface area (Å²) in [7, 11) is 1.51. The molecule has 1 fully saturated rings. The van der Waals surface area contributed by atoms with Crippen LogP contribution in [0.4, 0.5) is 0 Å². The molecule has 1 aliphatic heterocycles. The average molecular weight is 503 g/mol. The molecule has 1 atom stereocenters. The Morgan fingerprint density at radius 1 is 1.08 bits per heavy atom. The van der Waals surface area contributed by atoms with Crippen molar-refractivity contribution in [2.75, 3.05) is 13.7 Å². The number of ketones is 1. The zero-order valence-corrected chi connectivity index (χ0v) is 21.3. The van der Waals surface area contributed by atoms with Gasteiger partial charge in [-0.05, 0) is 62.2 Å². The van der Waals surface area contributed by atoms with E-state index in [1.807, 2.05) is 32.9 Å². The molecule has 2 heterocycles. The molecular weight excluding hydrogens is 472 g/mol. The van der Waals surface area contributed by atoms with Crippen LogP contribution in [-0.2, 0) is 16.1 Å². The van der Waals surface area contributed by atoms with E-state index in [0.29, 0.717) is 35.0 Å². The molecule has 8 nitrogen and oxygen atoms in total. The highest BCUT2D eigenvalue weighted by Gasteiger charge is 2.44. The molecule has 1 amide bonds. The van der Waals surface area contributed by atoms with E-state index in [-0.39, 0.29) is 18.2 Å². The highest BCUT2D eigenvalue weighted by molar-refractivity contribution is 6.46. The molecule has 37 heavy (non-hydrogen) atoms. The predicted octanol–water partition coefficient (Wildman–Crippen LogP) is 3.12. The quantitative estimate of drug-likeness (QED) is 0.253. The van der Waals surface area contributed by atoms with Crippen molar-refractivity contribution < 1.29 is 33.9 Å². The monoisotopic (exact) mass is 502 g/mol. The Bertz CT molecular complexity index is 1300. The van der Waals surface area contributed by atoms with Crippen molar-refractivity contribution in [1.82, 2.24) is 4.90 Å². The number of methoxy groups -OCH3 is 1. The molecule has 0 radical (unpaired) electrons. The molecule has 1 aliphatic rings. The van der Waals surface area contributed by atoms with Gasteiger partial charge in [-0.25, -0.2) is 4.98 Å². The van der Waals surface area contributed by atoms with Gasteiger partial charge in [0.25, 0.3) is 5.91 Å². The Morgan fingerprint density at radius 3 is 2.46 bits per heavy atom. The molecule has 3 aromatic rings. The van der Waals surface area contributed by atoms with Gasteiger partial charge in [0.1, 0.15) is 5.75 Å². The Morgan fingerprint density at radius 2 is 1.84 bits per heavy atom. The summed E-state index contributed by atoms with van der Waals surface area (Å²) in [5.74, 6) is -0.465. The lowest BCUT2D eigenvalue weighted by molar-refractivity contribution is -0.378. The van der Waals surface area contributed by atoms with E-state index >= 15 is 0 Å². The second kappa shape index (κ2) is 11.2. The number of aromatic nitrogens is 1. The number of nitrogens with zero attached hydrogens (tertiary/aromatic N) is 1. The fourth-order valence-corrected chi connectivity index (χ4v) is 4.35. The van der Waals surface area contributed by atoms with Gasteiger partial charge >= 0.3 is 0 Å². The van der Waals surface area contributed by atoms with Crippen LogP contribution in [-0.4, -0.2) is 36.4 Å². The number of Topliss-reactive ketones (excluding diaryl/α,β-unsaturated/α-hetero) is 1.